The van der Waals surface area contributed by atoms with Crippen molar-refractivity contribution in [2.75, 3.05) is 26.8 Å². The molecule has 0 atom stereocenters. The van der Waals surface area contributed by atoms with Gasteiger partial charge in [0.1, 0.15) is 0 Å². The highest BCUT2D eigenvalue weighted by molar-refractivity contribution is 5.33. The van der Waals surface area contributed by atoms with Crippen molar-refractivity contribution in [2.45, 2.75) is 20.4 Å². The molecule has 132 valence electrons. The average molecular weight is 333 g/mol. The molecule has 24 heavy (non-hydrogen) atoms. The summed E-state index contributed by atoms with van der Waals surface area (Å²) in [5.41, 5.74) is 1.84. The lowest BCUT2D eigenvalue weighted by atomic mass is 9.92. The third kappa shape index (κ3) is 3.61. The Labute approximate surface area is 142 Å². The van der Waals surface area contributed by atoms with Crippen molar-refractivity contribution in [1.29, 1.82) is 0 Å². The number of nitrogens with zero attached hydrogens (tertiary/aromatic N) is 3. The minimum Gasteiger partial charge on any atom is -0.396 e. The molecule has 0 radical (unpaired) electrons. The van der Waals surface area contributed by atoms with Crippen LogP contribution < -0.4 is 5.56 Å². The van der Waals surface area contributed by atoms with E-state index in [4.69, 9.17) is 0 Å². The molecule has 0 bridgehead atoms. The van der Waals surface area contributed by atoms with E-state index >= 15 is 0 Å². The number of hydrogen-bond acceptors (Lipinski definition) is 4. The second-order valence-electron chi connectivity index (χ2n) is 6.84. The molecule has 1 heterocycles. The van der Waals surface area contributed by atoms with Crippen LogP contribution >= 0.6 is 0 Å². The van der Waals surface area contributed by atoms with Crippen LogP contribution in [0.25, 0.3) is 5.69 Å². The van der Waals surface area contributed by atoms with Gasteiger partial charge in [-0.15, -0.1) is 0 Å². The van der Waals surface area contributed by atoms with E-state index in [2.05, 4.69) is 0 Å². The quantitative estimate of drug-likeness (QED) is 0.790. The largest absolute Gasteiger partial charge is 0.396 e. The normalized spacial score (nSPS) is 12.1. The Morgan fingerprint density at radius 3 is 2.29 bits per heavy atom. The highest BCUT2D eigenvalue weighted by Gasteiger charge is 2.26. The molecule has 0 aliphatic rings. The molecule has 0 aliphatic heterocycles. The lowest BCUT2D eigenvalue weighted by Gasteiger charge is -2.30. The minimum absolute atomic E-state index is 0.0391. The van der Waals surface area contributed by atoms with E-state index in [-0.39, 0.29) is 18.8 Å². The maximum atomic E-state index is 12.9. The van der Waals surface area contributed by atoms with Gasteiger partial charge in [-0.2, -0.15) is 0 Å². The Balaban J connectivity index is 2.31. The zero-order chi connectivity index (χ0) is 17.9. The first-order chi connectivity index (χ1) is 11.3. The average Bonchev–Trinajstić information content (AvgIpc) is 2.79. The van der Waals surface area contributed by atoms with E-state index in [1.165, 1.54) is 0 Å². The molecule has 0 saturated carbocycles. The number of aliphatic hydroxyl groups is 2. The van der Waals surface area contributed by atoms with Gasteiger partial charge in [-0.1, -0.05) is 25.1 Å². The number of hydrogen-bond donors (Lipinski definition) is 2. The number of aliphatic hydroxyl groups excluding tert-OH is 2. The lowest BCUT2D eigenvalue weighted by molar-refractivity contribution is 0.0401. The van der Waals surface area contributed by atoms with Crippen LogP contribution in [-0.4, -0.2) is 51.3 Å². The summed E-state index contributed by atoms with van der Waals surface area (Å²) in [6.45, 7) is 4.52. The molecule has 2 aromatic rings. The third-order valence-corrected chi connectivity index (χ3v) is 4.52. The van der Waals surface area contributed by atoms with Crippen molar-refractivity contribution in [3.63, 3.8) is 0 Å². The van der Waals surface area contributed by atoms with E-state index in [1.807, 2.05) is 67.9 Å². The predicted octanol–water partition coefficient (Wildman–Crippen LogP) is 0.907. The summed E-state index contributed by atoms with van der Waals surface area (Å²) in [4.78, 5) is 14.8. The van der Waals surface area contributed by atoms with Gasteiger partial charge in [-0.05, 0) is 26.1 Å². The van der Waals surface area contributed by atoms with Crippen molar-refractivity contribution >= 4 is 0 Å². The highest BCUT2D eigenvalue weighted by atomic mass is 16.3. The standard InChI is InChI=1S/C18H27N3O3/c1-14-16(10-19(3)11-18(2,12-22)13-23)17(24)21(20(14)4)15-8-6-5-7-9-15/h5-9,22-23H,10-13H2,1-4H3. The maximum absolute atomic E-state index is 12.9. The van der Waals surface area contributed by atoms with Gasteiger partial charge >= 0.3 is 0 Å². The molecule has 6 heteroatoms. The van der Waals surface area contributed by atoms with E-state index in [0.29, 0.717) is 13.1 Å². The molecule has 1 aromatic heterocycles. The fourth-order valence-corrected chi connectivity index (χ4v) is 2.93. The van der Waals surface area contributed by atoms with Gasteiger partial charge in [-0.25, -0.2) is 4.68 Å². The fraction of sp³-hybridized carbons (Fsp3) is 0.500. The van der Waals surface area contributed by atoms with Gasteiger partial charge in [-0.3, -0.25) is 9.48 Å². The SMILES string of the molecule is Cc1c(CN(C)CC(C)(CO)CO)c(=O)n(-c2ccccc2)n1C. The van der Waals surface area contributed by atoms with Crippen molar-refractivity contribution in [2.24, 2.45) is 12.5 Å². The van der Waals surface area contributed by atoms with E-state index in [9.17, 15) is 15.0 Å². The summed E-state index contributed by atoms with van der Waals surface area (Å²) >= 11 is 0. The van der Waals surface area contributed by atoms with Gasteiger partial charge in [0.2, 0.25) is 0 Å². The summed E-state index contributed by atoms with van der Waals surface area (Å²) in [7, 11) is 3.76. The monoisotopic (exact) mass is 333 g/mol. The zero-order valence-corrected chi connectivity index (χ0v) is 14.9. The molecule has 0 saturated heterocycles. The van der Waals surface area contributed by atoms with Crippen LogP contribution in [0.4, 0.5) is 0 Å². The van der Waals surface area contributed by atoms with Crippen molar-refractivity contribution < 1.29 is 10.2 Å². The molecule has 0 amide bonds. The lowest BCUT2D eigenvalue weighted by Crippen LogP contribution is -2.39. The zero-order valence-electron chi connectivity index (χ0n) is 14.9. The Bertz CT molecular complexity index is 730. The van der Waals surface area contributed by atoms with Crippen LogP contribution in [0.2, 0.25) is 0 Å². The number of para-hydroxylation sites is 1. The second kappa shape index (κ2) is 7.34. The minimum atomic E-state index is -0.587. The van der Waals surface area contributed by atoms with Crippen molar-refractivity contribution in [3.8, 4) is 5.69 Å². The molecule has 0 spiro atoms. The Morgan fingerprint density at radius 1 is 1.17 bits per heavy atom. The Hall–Kier alpha value is -1.89. The molecule has 2 rings (SSSR count). The second-order valence-corrected chi connectivity index (χ2v) is 6.84. The van der Waals surface area contributed by atoms with Gasteiger partial charge in [0.25, 0.3) is 5.56 Å². The van der Waals surface area contributed by atoms with Crippen LogP contribution in [0.15, 0.2) is 35.1 Å². The molecule has 1 aromatic carbocycles. The van der Waals surface area contributed by atoms with E-state index in [1.54, 1.807) is 4.68 Å². The first-order valence-electron chi connectivity index (χ1n) is 8.06. The van der Waals surface area contributed by atoms with Gasteiger partial charge in [0.15, 0.2) is 0 Å². The molecule has 0 unspecified atom stereocenters. The fourth-order valence-electron chi connectivity index (χ4n) is 2.93. The van der Waals surface area contributed by atoms with Crippen LogP contribution in [0.5, 0.6) is 0 Å². The van der Waals surface area contributed by atoms with Crippen molar-refractivity contribution in [3.05, 3.63) is 51.9 Å². The summed E-state index contributed by atoms with van der Waals surface area (Å²) in [5.74, 6) is 0. The number of rotatable bonds is 7. The van der Waals surface area contributed by atoms with E-state index < -0.39 is 5.41 Å². The molecule has 6 nitrogen and oxygen atoms in total. The summed E-state index contributed by atoms with van der Waals surface area (Å²) in [6, 6.07) is 9.54. The molecule has 0 fully saturated rings. The maximum Gasteiger partial charge on any atom is 0.276 e. The summed E-state index contributed by atoms with van der Waals surface area (Å²) in [5, 5.41) is 18.9. The summed E-state index contributed by atoms with van der Waals surface area (Å²) in [6.07, 6.45) is 0. The van der Waals surface area contributed by atoms with Crippen LogP contribution in [0.1, 0.15) is 18.2 Å². The smallest absolute Gasteiger partial charge is 0.276 e. The topological polar surface area (TPSA) is 70.6 Å². The third-order valence-electron chi connectivity index (χ3n) is 4.52. The van der Waals surface area contributed by atoms with Gasteiger partial charge < -0.3 is 15.1 Å². The molecular formula is C18H27N3O3. The summed E-state index contributed by atoms with van der Waals surface area (Å²) < 4.78 is 3.52. The number of aromatic nitrogens is 2. The Kier molecular flexibility index (Phi) is 5.64. The van der Waals surface area contributed by atoms with Gasteiger partial charge in [0, 0.05) is 31.2 Å². The molecule has 0 aliphatic carbocycles. The highest BCUT2D eigenvalue weighted by Crippen LogP contribution is 2.18. The van der Waals surface area contributed by atoms with Crippen molar-refractivity contribution in [1.82, 2.24) is 14.3 Å². The Morgan fingerprint density at radius 2 is 1.75 bits per heavy atom. The van der Waals surface area contributed by atoms with E-state index in [0.717, 1.165) is 16.9 Å². The first kappa shape index (κ1) is 18.4. The molecular weight excluding hydrogens is 306 g/mol. The molecule has 2 N–H and O–H groups in total. The van der Waals surface area contributed by atoms with Crippen LogP contribution in [0.3, 0.4) is 0 Å². The predicted molar refractivity (Wildman–Crippen MR) is 94.4 cm³/mol. The van der Waals surface area contributed by atoms with Gasteiger partial charge in [0.05, 0.1) is 24.5 Å². The first-order valence-corrected chi connectivity index (χ1v) is 8.06. The van der Waals surface area contributed by atoms with Crippen LogP contribution in [0, 0.1) is 12.3 Å². The number of benzene rings is 1. The van der Waals surface area contributed by atoms with Crippen LogP contribution in [-0.2, 0) is 13.6 Å².